The molecule has 1 saturated carbocycles. The van der Waals surface area contributed by atoms with Gasteiger partial charge >= 0.3 is 0 Å². The Morgan fingerprint density at radius 3 is 2.82 bits per heavy atom. The summed E-state index contributed by atoms with van der Waals surface area (Å²) in [6.45, 7) is 4.11. The van der Waals surface area contributed by atoms with Crippen LogP contribution in [-0.4, -0.2) is 42.5 Å². The van der Waals surface area contributed by atoms with Crippen LogP contribution in [0.2, 0.25) is 0 Å². The summed E-state index contributed by atoms with van der Waals surface area (Å²) in [6, 6.07) is 11.6. The Balaban J connectivity index is 1.32. The maximum atomic E-state index is 12.7. The normalized spacial score (nSPS) is 19.3. The summed E-state index contributed by atoms with van der Waals surface area (Å²) in [6.07, 6.45) is 4.19. The molecular formula is C22H26N2O3S. The first-order valence-corrected chi connectivity index (χ1v) is 10.8. The monoisotopic (exact) mass is 398 g/mol. The second kappa shape index (κ2) is 8.35. The number of aryl methyl sites for hydroxylation is 1. The number of hydrogen-bond donors (Lipinski definition) is 1. The fraction of sp³-hybridized carbons (Fsp3) is 0.455. The van der Waals surface area contributed by atoms with E-state index in [2.05, 4.69) is 5.32 Å². The molecule has 2 heterocycles. The van der Waals surface area contributed by atoms with Crippen molar-refractivity contribution in [2.24, 2.45) is 5.92 Å². The third kappa shape index (κ3) is 4.73. The van der Waals surface area contributed by atoms with Crippen molar-refractivity contribution in [3.8, 4) is 5.75 Å². The van der Waals surface area contributed by atoms with Crippen molar-refractivity contribution in [2.75, 3.05) is 19.7 Å². The number of likely N-dealkylation sites (tertiary alicyclic amines) is 1. The number of nitrogens with zero attached hydrogens (tertiary/aromatic N) is 1. The lowest BCUT2D eigenvalue weighted by atomic mass is 9.99. The van der Waals surface area contributed by atoms with Crippen LogP contribution in [0.15, 0.2) is 36.4 Å². The molecule has 1 aromatic heterocycles. The van der Waals surface area contributed by atoms with Crippen molar-refractivity contribution in [3.05, 3.63) is 51.7 Å². The molecule has 1 saturated heterocycles. The third-order valence-electron chi connectivity index (χ3n) is 5.25. The average Bonchev–Trinajstić information content (AvgIpc) is 3.43. The van der Waals surface area contributed by atoms with E-state index in [9.17, 15) is 9.59 Å². The zero-order chi connectivity index (χ0) is 19.5. The van der Waals surface area contributed by atoms with Gasteiger partial charge in [-0.05, 0) is 62.9 Å². The van der Waals surface area contributed by atoms with E-state index in [1.54, 1.807) is 17.4 Å². The third-order valence-corrected chi connectivity index (χ3v) is 6.24. The van der Waals surface area contributed by atoms with Gasteiger partial charge in [0.2, 0.25) is 0 Å². The summed E-state index contributed by atoms with van der Waals surface area (Å²) in [7, 11) is 0. The standard InChI is InChI=1S/C22H26N2O3S/c1-15-7-10-20(28-15)22(26)24-11-3-4-16(13-24)14-27-19-6-2-5-17(12-19)21(25)23-18-8-9-18/h2,5-7,10,12,16,18H,3-4,8-9,11,13-14H2,1H3,(H,23,25). The number of carbonyl (C=O) groups excluding carboxylic acids is 2. The second-order valence-electron chi connectivity index (χ2n) is 7.76. The van der Waals surface area contributed by atoms with Crippen molar-refractivity contribution in [1.29, 1.82) is 0 Å². The number of benzene rings is 1. The maximum absolute atomic E-state index is 12.7. The summed E-state index contributed by atoms with van der Waals surface area (Å²) < 4.78 is 5.98. The Kier molecular flexibility index (Phi) is 5.67. The van der Waals surface area contributed by atoms with E-state index in [0.29, 0.717) is 29.9 Å². The molecule has 0 bridgehead atoms. The number of amides is 2. The van der Waals surface area contributed by atoms with Gasteiger partial charge in [-0.1, -0.05) is 6.07 Å². The summed E-state index contributed by atoms with van der Waals surface area (Å²) in [5.41, 5.74) is 0.637. The number of nitrogens with one attached hydrogen (secondary N) is 1. The first-order valence-electron chi connectivity index (χ1n) is 9.98. The Labute approximate surface area is 169 Å². The van der Waals surface area contributed by atoms with Crippen molar-refractivity contribution in [2.45, 2.75) is 38.6 Å². The van der Waals surface area contributed by atoms with E-state index in [1.165, 1.54) is 0 Å². The van der Waals surface area contributed by atoms with Gasteiger partial charge in [0.25, 0.3) is 11.8 Å². The molecule has 6 heteroatoms. The van der Waals surface area contributed by atoms with Gasteiger partial charge in [0.1, 0.15) is 5.75 Å². The van der Waals surface area contributed by atoms with Crippen LogP contribution in [0.3, 0.4) is 0 Å². The van der Waals surface area contributed by atoms with E-state index in [0.717, 1.165) is 48.5 Å². The van der Waals surface area contributed by atoms with Gasteiger partial charge < -0.3 is 15.0 Å². The van der Waals surface area contributed by atoms with Crippen LogP contribution in [0.25, 0.3) is 0 Å². The largest absolute Gasteiger partial charge is 0.493 e. The number of rotatable bonds is 6. The Bertz CT molecular complexity index is 859. The first-order chi connectivity index (χ1) is 13.6. The minimum Gasteiger partial charge on any atom is -0.493 e. The Hall–Kier alpha value is -2.34. The minimum atomic E-state index is -0.0337. The van der Waals surface area contributed by atoms with Crippen LogP contribution in [0.1, 0.15) is 50.6 Å². The van der Waals surface area contributed by atoms with Crippen LogP contribution >= 0.6 is 11.3 Å². The topological polar surface area (TPSA) is 58.6 Å². The molecule has 0 spiro atoms. The van der Waals surface area contributed by atoms with E-state index in [4.69, 9.17) is 4.74 Å². The van der Waals surface area contributed by atoms with Gasteiger partial charge in [-0.2, -0.15) is 0 Å². The highest BCUT2D eigenvalue weighted by Crippen LogP contribution is 2.24. The molecule has 1 aliphatic heterocycles. The predicted octanol–water partition coefficient (Wildman–Crippen LogP) is 3.88. The number of thiophene rings is 1. The number of carbonyl (C=O) groups is 2. The van der Waals surface area contributed by atoms with Crippen molar-refractivity contribution in [1.82, 2.24) is 10.2 Å². The van der Waals surface area contributed by atoms with E-state index in [1.807, 2.05) is 42.2 Å². The highest BCUT2D eigenvalue weighted by molar-refractivity contribution is 7.13. The lowest BCUT2D eigenvalue weighted by Gasteiger charge is -2.32. The molecule has 1 unspecified atom stereocenters. The van der Waals surface area contributed by atoms with E-state index < -0.39 is 0 Å². The molecule has 2 fully saturated rings. The SMILES string of the molecule is Cc1ccc(C(=O)N2CCCC(COc3cccc(C(=O)NC4CC4)c3)C2)s1. The molecule has 1 aromatic carbocycles. The molecular weight excluding hydrogens is 372 g/mol. The fourth-order valence-electron chi connectivity index (χ4n) is 3.53. The number of hydrogen-bond acceptors (Lipinski definition) is 4. The van der Waals surface area contributed by atoms with Gasteiger partial charge in [0.05, 0.1) is 11.5 Å². The van der Waals surface area contributed by atoms with Crippen LogP contribution in [0.5, 0.6) is 5.75 Å². The molecule has 2 aromatic rings. The minimum absolute atomic E-state index is 0.0337. The Morgan fingerprint density at radius 2 is 2.07 bits per heavy atom. The molecule has 28 heavy (non-hydrogen) atoms. The smallest absolute Gasteiger partial charge is 0.263 e. The highest BCUT2D eigenvalue weighted by atomic mass is 32.1. The van der Waals surface area contributed by atoms with Gasteiger partial charge in [-0.25, -0.2) is 0 Å². The fourth-order valence-corrected chi connectivity index (χ4v) is 4.36. The van der Waals surface area contributed by atoms with E-state index in [-0.39, 0.29) is 11.8 Å². The number of ether oxygens (including phenoxy) is 1. The molecule has 0 radical (unpaired) electrons. The van der Waals surface area contributed by atoms with Gasteiger partial charge in [0.15, 0.2) is 0 Å². The summed E-state index contributed by atoms with van der Waals surface area (Å²) >= 11 is 1.55. The molecule has 2 aliphatic rings. The van der Waals surface area contributed by atoms with Crippen LogP contribution in [-0.2, 0) is 0 Å². The summed E-state index contributed by atoms with van der Waals surface area (Å²) in [5, 5.41) is 3.00. The van der Waals surface area contributed by atoms with Crippen LogP contribution < -0.4 is 10.1 Å². The summed E-state index contributed by atoms with van der Waals surface area (Å²) in [5.74, 6) is 1.11. The second-order valence-corrected chi connectivity index (χ2v) is 9.04. The van der Waals surface area contributed by atoms with Crippen LogP contribution in [0, 0.1) is 12.8 Å². The van der Waals surface area contributed by atoms with Crippen molar-refractivity contribution in [3.63, 3.8) is 0 Å². The Morgan fingerprint density at radius 1 is 1.21 bits per heavy atom. The lowest BCUT2D eigenvalue weighted by Crippen LogP contribution is -2.41. The maximum Gasteiger partial charge on any atom is 0.263 e. The molecule has 148 valence electrons. The molecule has 1 aliphatic carbocycles. The summed E-state index contributed by atoms with van der Waals surface area (Å²) in [4.78, 5) is 28.8. The van der Waals surface area contributed by atoms with Gasteiger partial charge in [0, 0.05) is 35.5 Å². The lowest BCUT2D eigenvalue weighted by molar-refractivity contribution is 0.0637. The molecule has 2 amide bonds. The highest BCUT2D eigenvalue weighted by Gasteiger charge is 2.26. The average molecular weight is 399 g/mol. The zero-order valence-electron chi connectivity index (χ0n) is 16.1. The van der Waals surface area contributed by atoms with E-state index >= 15 is 0 Å². The van der Waals surface area contributed by atoms with Gasteiger partial charge in [-0.3, -0.25) is 9.59 Å². The number of piperidine rings is 1. The predicted molar refractivity (Wildman–Crippen MR) is 110 cm³/mol. The first kappa shape index (κ1) is 19.0. The molecule has 4 rings (SSSR count). The van der Waals surface area contributed by atoms with Crippen LogP contribution in [0.4, 0.5) is 0 Å². The van der Waals surface area contributed by atoms with Gasteiger partial charge in [-0.15, -0.1) is 11.3 Å². The quantitative estimate of drug-likeness (QED) is 0.803. The zero-order valence-corrected chi connectivity index (χ0v) is 17.0. The molecule has 5 nitrogen and oxygen atoms in total. The molecule has 1 atom stereocenters. The van der Waals surface area contributed by atoms with Crippen molar-refractivity contribution < 1.29 is 14.3 Å². The van der Waals surface area contributed by atoms with Crippen molar-refractivity contribution >= 4 is 23.2 Å². The molecule has 1 N–H and O–H groups in total.